The number of aryl methyl sites for hydroxylation is 1. The highest BCUT2D eigenvalue weighted by Crippen LogP contribution is 2.07. The standard InChI is InChI=1S/C12H21N5O2.ClH/c1-8(2)7-9(13)12(19)15-11-4-6-17(16-11)5-3-10(14)18;/h4,6,8-9H,3,5,7,13H2,1-2H3,(H2,14,18)(H,15,16,19);1H/t9-;/m0./s1. The summed E-state index contributed by atoms with van der Waals surface area (Å²) in [4.78, 5) is 22.4. The maximum Gasteiger partial charge on any atom is 0.242 e. The van der Waals surface area contributed by atoms with Crippen LogP contribution in [0.1, 0.15) is 26.7 Å². The first-order chi connectivity index (χ1) is 8.88. The molecule has 20 heavy (non-hydrogen) atoms. The number of carbonyl (C=O) groups excluding carboxylic acids is 2. The van der Waals surface area contributed by atoms with Crippen molar-refractivity contribution in [2.75, 3.05) is 5.32 Å². The van der Waals surface area contributed by atoms with Crippen molar-refractivity contribution in [2.45, 2.75) is 39.3 Å². The van der Waals surface area contributed by atoms with Gasteiger partial charge in [-0.2, -0.15) is 5.10 Å². The molecule has 0 aliphatic rings. The van der Waals surface area contributed by atoms with Crippen LogP contribution in [-0.2, 0) is 16.1 Å². The minimum atomic E-state index is -0.546. The predicted molar refractivity (Wildman–Crippen MR) is 79.3 cm³/mol. The van der Waals surface area contributed by atoms with Gasteiger partial charge in [-0.05, 0) is 12.3 Å². The summed E-state index contributed by atoms with van der Waals surface area (Å²) in [5.74, 6) is 0.136. The third-order valence-electron chi connectivity index (χ3n) is 2.54. The molecule has 1 aromatic heterocycles. The number of primary amides is 1. The maximum atomic E-state index is 11.8. The Hall–Kier alpha value is -1.60. The van der Waals surface area contributed by atoms with Crippen LogP contribution in [0, 0.1) is 5.92 Å². The number of anilines is 1. The van der Waals surface area contributed by atoms with Crippen LogP contribution in [0.5, 0.6) is 0 Å². The van der Waals surface area contributed by atoms with Gasteiger partial charge in [0.25, 0.3) is 0 Å². The fourth-order valence-corrected chi connectivity index (χ4v) is 1.61. The lowest BCUT2D eigenvalue weighted by Crippen LogP contribution is -2.36. The molecule has 1 aromatic rings. The van der Waals surface area contributed by atoms with E-state index in [0.717, 1.165) is 0 Å². The number of nitrogens with zero attached hydrogens (tertiary/aromatic N) is 2. The van der Waals surface area contributed by atoms with Crippen molar-refractivity contribution < 1.29 is 9.59 Å². The number of halogens is 1. The topological polar surface area (TPSA) is 116 Å². The Labute approximate surface area is 124 Å². The number of nitrogens with one attached hydrogen (secondary N) is 1. The molecule has 2 amide bonds. The van der Waals surface area contributed by atoms with Crippen molar-refractivity contribution in [2.24, 2.45) is 17.4 Å². The fraction of sp³-hybridized carbons (Fsp3) is 0.583. The normalized spacial score (nSPS) is 11.8. The first kappa shape index (κ1) is 18.4. The summed E-state index contributed by atoms with van der Waals surface area (Å²) < 4.78 is 1.55. The first-order valence-electron chi connectivity index (χ1n) is 6.26. The van der Waals surface area contributed by atoms with Gasteiger partial charge in [-0.1, -0.05) is 13.8 Å². The zero-order chi connectivity index (χ0) is 14.4. The molecule has 0 unspecified atom stereocenters. The highest BCUT2D eigenvalue weighted by atomic mass is 35.5. The van der Waals surface area contributed by atoms with Crippen molar-refractivity contribution in [3.63, 3.8) is 0 Å². The van der Waals surface area contributed by atoms with Gasteiger partial charge in [0.05, 0.1) is 6.04 Å². The molecular weight excluding hydrogens is 282 g/mol. The number of hydrogen-bond acceptors (Lipinski definition) is 4. The van der Waals surface area contributed by atoms with Gasteiger partial charge < -0.3 is 16.8 Å². The van der Waals surface area contributed by atoms with E-state index < -0.39 is 6.04 Å². The molecule has 114 valence electrons. The summed E-state index contributed by atoms with van der Waals surface area (Å²) in [7, 11) is 0. The molecule has 0 spiro atoms. The van der Waals surface area contributed by atoms with Crippen molar-refractivity contribution in [3.8, 4) is 0 Å². The second-order valence-electron chi connectivity index (χ2n) is 4.91. The maximum absolute atomic E-state index is 11.8. The molecule has 0 aliphatic carbocycles. The summed E-state index contributed by atoms with van der Waals surface area (Å²) in [5, 5.41) is 6.75. The average molecular weight is 304 g/mol. The van der Waals surface area contributed by atoms with Crippen molar-refractivity contribution >= 4 is 30.0 Å². The monoisotopic (exact) mass is 303 g/mol. The van der Waals surface area contributed by atoms with E-state index in [1.54, 1.807) is 16.9 Å². The molecule has 1 heterocycles. The fourth-order valence-electron chi connectivity index (χ4n) is 1.61. The van der Waals surface area contributed by atoms with Gasteiger partial charge in [-0.3, -0.25) is 14.3 Å². The van der Waals surface area contributed by atoms with E-state index in [0.29, 0.717) is 24.7 Å². The largest absolute Gasteiger partial charge is 0.370 e. The summed E-state index contributed by atoms with van der Waals surface area (Å²) in [6, 6.07) is 1.11. The quantitative estimate of drug-likeness (QED) is 0.679. The van der Waals surface area contributed by atoms with Crippen LogP contribution in [0.25, 0.3) is 0 Å². The third-order valence-corrected chi connectivity index (χ3v) is 2.54. The van der Waals surface area contributed by atoms with Gasteiger partial charge in [0.1, 0.15) is 0 Å². The molecule has 7 nitrogen and oxygen atoms in total. The lowest BCUT2D eigenvalue weighted by atomic mass is 10.0. The Morgan fingerprint density at radius 1 is 1.45 bits per heavy atom. The predicted octanol–water partition coefficient (Wildman–Crippen LogP) is 0.492. The van der Waals surface area contributed by atoms with E-state index in [2.05, 4.69) is 10.4 Å². The van der Waals surface area contributed by atoms with Gasteiger partial charge >= 0.3 is 0 Å². The molecule has 0 bridgehead atoms. The smallest absolute Gasteiger partial charge is 0.242 e. The van der Waals surface area contributed by atoms with E-state index >= 15 is 0 Å². The van der Waals surface area contributed by atoms with Crippen LogP contribution < -0.4 is 16.8 Å². The Kier molecular flexibility index (Phi) is 7.86. The molecule has 0 saturated heterocycles. The molecule has 0 aromatic carbocycles. The van der Waals surface area contributed by atoms with Gasteiger partial charge in [0.15, 0.2) is 5.82 Å². The Balaban J connectivity index is 0.00000361. The lowest BCUT2D eigenvalue weighted by molar-refractivity contribution is -0.118. The number of carbonyl (C=O) groups is 2. The molecular formula is C12H22ClN5O2. The SMILES string of the molecule is CC(C)C[C@H](N)C(=O)Nc1ccn(CCC(N)=O)n1.Cl. The van der Waals surface area contributed by atoms with E-state index in [4.69, 9.17) is 11.5 Å². The van der Waals surface area contributed by atoms with E-state index in [1.807, 2.05) is 13.8 Å². The van der Waals surface area contributed by atoms with Crippen LogP contribution in [-0.4, -0.2) is 27.6 Å². The van der Waals surface area contributed by atoms with Crippen molar-refractivity contribution in [1.82, 2.24) is 9.78 Å². The lowest BCUT2D eigenvalue weighted by Gasteiger charge is -2.12. The number of amides is 2. The summed E-state index contributed by atoms with van der Waals surface area (Å²) in [6.07, 6.45) is 2.50. The Morgan fingerprint density at radius 2 is 2.10 bits per heavy atom. The van der Waals surface area contributed by atoms with Crippen LogP contribution in [0.3, 0.4) is 0 Å². The average Bonchev–Trinajstić information content (AvgIpc) is 2.73. The zero-order valence-electron chi connectivity index (χ0n) is 11.7. The highest BCUT2D eigenvalue weighted by molar-refractivity contribution is 5.93. The molecule has 1 rings (SSSR count). The van der Waals surface area contributed by atoms with Gasteiger partial charge in [-0.15, -0.1) is 12.4 Å². The Morgan fingerprint density at radius 3 is 2.65 bits per heavy atom. The molecule has 0 saturated carbocycles. The number of hydrogen-bond donors (Lipinski definition) is 3. The number of rotatable bonds is 7. The first-order valence-corrected chi connectivity index (χ1v) is 6.26. The van der Waals surface area contributed by atoms with Gasteiger partial charge in [-0.25, -0.2) is 0 Å². The summed E-state index contributed by atoms with van der Waals surface area (Å²) in [6.45, 7) is 4.40. The summed E-state index contributed by atoms with van der Waals surface area (Å²) >= 11 is 0. The van der Waals surface area contributed by atoms with E-state index in [-0.39, 0.29) is 30.6 Å². The highest BCUT2D eigenvalue weighted by Gasteiger charge is 2.15. The van der Waals surface area contributed by atoms with Crippen molar-refractivity contribution in [3.05, 3.63) is 12.3 Å². The minimum absolute atomic E-state index is 0. The molecule has 5 N–H and O–H groups in total. The summed E-state index contributed by atoms with van der Waals surface area (Å²) in [5.41, 5.74) is 10.8. The van der Waals surface area contributed by atoms with Crippen LogP contribution >= 0.6 is 12.4 Å². The third kappa shape index (κ3) is 6.53. The van der Waals surface area contributed by atoms with E-state index in [1.165, 1.54) is 0 Å². The van der Waals surface area contributed by atoms with Crippen LogP contribution in [0.4, 0.5) is 5.82 Å². The molecule has 0 radical (unpaired) electrons. The zero-order valence-corrected chi connectivity index (χ0v) is 12.5. The molecule has 0 aliphatic heterocycles. The van der Waals surface area contributed by atoms with Crippen molar-refractivity contribution in [1.29, 1.82) is 0 Å². The minimum Gasteiger partial charge on any atom is -0.370 e. The molecule has 0 fully saturated rings. The number of nitrogens with two attached hydrogens (primary N) is 2. The van der Waals surface area contributed by atoms with Crippen LogP contribution in [0.2, 0.25) is 0 Å². The molecule has 8 heteroatoms. The molecule has 1 atom stereocenters. The van der Waals surface area contributed by atoms with Gasteiger partial charge in [0, 0.05) is 25.2 Å². The number of aromatic nitrogens is 2. The van der Waals surface area contributed by atoms with Crippen LogP contribution in [0.15, 0.2) is 12.3 Å². The second kappa shape index (κ2) is 8.55. The second-order valence-corrected chi connectivity index (χ2v) is 4.91. The van der Waals surface area contributed by atoms with Gasteiger partial charge in [0.2, 0.25) is 11.8 Å². The Bertz CT molecular complexity index is 447. The van der Waals surface area contributed by atoms with E-state index in [9.17, 15) is 9.59 Å².